The first-order valence-electron chi connectivity index (χ1n) is 6.19. The molecular formula is C14H15ClN2S2. The summed E-state index contributed by atoms with van der Waals surface area (Å²) >= 11 is 10.1. The standard InChI is InChI=1S/C14H15ClN2S2/c15-11-4-2-1-3-10(11)14(17-16)13-7-9-8-18-6-5-12(9)19-13/h1-4,7,14,17H,5-6,8,16H2. The van der Waals surface area contributed by atoms with Crippen LogP contribution in [0.3, 0.4) is 0 Å². The molecule has 0 saturated heterocycles. The van der Waals surface area contributed by atoms with Gasteiger partial charge in [-0.25, -0.2) is 5.43 Å². The smallest absolute Gasteiger partial charge is 0.0817 e. The molecule has 1 aliphatic rings. The zero-order valence-electron chi connectivity index (χ0n) is 10.4. The first-order chi connectivity index (χ1) is 9.29. The number of aryl methyl sites for hydroxylation is 1. The summed E-state index contributed by atoms with van der Waals surface area (Å²) in [6, 6.07) is 10.1. The summed E-state index contributed by atoms with van der Waals surface area (Å²) in [5, 5.41) is 0.756. The van der Waals surface area contributed by atoms with Crippen molar-refractivity contribution >= 4 is 34.7 Å². The number of hydrogen-bond acceptors (Lipinski definition) is 4. The van der Waals surface area contributed by atoms with E-state index in [-0.39, 0.29) is 6.04 Å². The molecule has 1 aromatic heterocycles. The fourth-order valence-corrected chi connectivity index (χ4v) is 5.05. The Balaban J connectivity index is 1.98. The van der Waals surface area contributed by atoms with Crippen molar-refractivity contribution in [3.63, 3.8) is 0 Å². The molecule has 2 heterocycles. The summed E-state index contributed by atoms with van der Waals surface area (Å²) in [5.41, 5.74) is 5.41. The van der Waals surface area contributed by atoms with Crippen molar-refractivity contribution in [1.82, 2.24) is 5.43 Å². The van der Waals surface area contributed by atoms with Crippen molar-refractivity contribution in [2.75, 3.05) is 5.75 Å². The SMILES string of the molecule is NNC(c1cc2c(s1)CCSC2)c1ccccc1Cl. The highest BCUT2D eigenvalue weighted by molar-refractivity contribution is 7.98. The number of hydrazine groups is 1. The number of nitrogens with two attached hydrogens (primary N) is 1. The van der Waals surface area contributed by atoms with Crippen LogP contribution in [-0.2, 0) is 12.2 Å². The van der Waals surface area contributed by atoms with Gasteiger partial charge < -0.3 is 0 Å². The number of nitrogens with one attached hydrogen (secondary N) is 1. The van der Waals surface area contributed by atoms with Crippen LogP contribution in [-0.4, -0.2) is 5.75 Å². The van der Waals surface area contributed by atoms with Crippen LogP contribution >= 0.6 is 34.7 Å². The van der Waals surface area contributed by atoms with Crippen molar-refractivity contribution < 1.29 is 0 Å². The van der Waals surface area contributed by atoms with Crippen molar-refractivity contribution in [3.05, 3.63) is 56.2 Å². The van der Waals surface area contributed by atoms with Crippen LogP contribution in [0.15, 0.2) is 30.3 Å². The van der Waals surface area contributed by atoms with Crippen LogP contribution in [0.5, 0.6) is 0 Å². The maximum Gasteiger partial charge on any atom is 0.0817 e. The third-order valence-corrected chi connectivity index (χ3v) is 5.97. The molecule has 19 heavy (non-hydrogen) atoms. The first kappa shape index (κ1) is 13.5. The van der Waals surface area contributed by atoms with E-state index in [9.17, 15) is 0 Å². The molecule has 0 aliphatic carbocycles. The minimum absolute atomic E-state index is 0.0192. The molecule has 0 fully saturated rings. The van der Waals surface area contributed by atoms with Gasteiger partial charge in [-0.15, -0.1) is 11.3 Å². The van der Waals surface area contributed by atoms with E-state index in [1.807, 2.05) is 47.4 Å². The zero-order chi connectivity index (χ0) is 13.2. The Labute approximate surface area is 126 Å². The molecular weight excluding hydrogens is 296 g/mol. The maximum atomic E-state index is 6.28. The third-order valence-electron chi connectivity index (χ3n) is 3.31. The zero-order valence-corrected chi connectivity index (χ0v) is 12.7. The predicted octanol–water partition coefficient (Wildman–Crippen LogP) is 3.74. The lowest BCUT2D eigenvalue weighted by molar-refractivity contribution is 0.646. The molecule has 1 atom stereocenters. The monoisotopic (exact) mass is 310 g/mol. The number of thiophene rings is 1. The van der Waals surface area contributed by atoms with E-state index in [4.69, 9.17) is 17.4 Å². The molecule has 100 valence electrons. The number of halogens is 1. The van der Waals surface area contributed by atoms with E-state index in [2.05, 4.69) is 11.5 Å². The van der Waals surface area contributed by atoms with E-state index in [1.54, 1.807) is 0 Å². The van der Waals surface area contributed by atoms with Gasteiger partial charge in [-0.3, -0.25) is 5.84 Å². The molecule has 1 aromatic carbocycles. The third kappa shape index (κ3) is 2.69. The number of thioether (sulfide) groups is 1. The molecule has 0 amide bonds. The van der Waals surface area contributed by atoms with Crippen molar-refractivity contribution in [2.24, 2.45) is 5.84 Å². The average Bonchev–Trinajstić information content (AvgIpc) is 2.85. The Morgan fingerprint density at radius 2 is 2.16 bits per heavy atom. The van der Waals surface area contributed by atoms with Gasteiger partial charge in [-0.05, 0) is 35.4 Å². The molecule has 1 unspecified atom stereocenters. The summed E-state index contributed by atoms with van der Waals surface area (Å²) in [6.07, 6.45) is 1.17. The summed E-state index contributed by atoms with van der Waals surface area (Å²) in [6.45, 7) is 0. The van der Waals surface area contributed by atoms with Gasteiger partial charge in [0.15, 0.2) is 0 Å². The fourth-order valence-electron chi connectivity index (χ4n) is 2.35. The number of rotatable bonds is 3. The molecule has 0 radical (unpaired) electrons. The van der Waals surface area contributed by atoms with Gasteiger partial charge in [0.1, 0.15) is 0 Å². The van der Waals surface area contributed by atoms with Gasteiger partial charge in [-0.1, -0.05) is 29.8 Å². The van der Waals surface area contributed by atoms with E-state index in [0.29, 0.717) is 0 Å². The summed E-state index contributed by atoms with van der Waals surface area (Å²) < 4.78 is 0. The number of hydrogen-bond donors (Lipinski definition) is 2. The van der Waals surface area contributed by atoms with Crippen molar-refractivity contribution in [3.8, 4) is 0 Å². The quantitative estimate of drug-likeness (QED) is 0.670. The normalized spacial score (nSPS) is 16.1. The van der Waals surface area contributed by atoms with E-state index < -0.39 is 0 Å². The van der Waals surface area contributed by atoms with Crippen molar-refractivity contribution in [2.45, 2.75) is 18.2 Å². The van der Waals surface area contributed by atoms with Crippen LogP contribution in [0, 0.1) is 0 Å². The minimum atomic E-state index is -0.0192. The maximum absolute atomic E-state index is 6.28. The van der Waals surface area contributed by atoms with E-state index >= 15 is 0 Å². The van der Waals surface area contributed by atoms with E-state index in [0.717, 1.165) is 16.3 Å². The molecule has 2 nitrogen and oxygen atoms in total. The Morgan fingerprint density at radius 1 is 1.32 bits per heavy atom. The van der Waals surface area contributed by atoms with Crippen molar-refractivity contribution in [1.29, 1.82) is 0 Å². The summed E-state index contributed by atoms with van der Waals surface area (Å²) in [4.78, 5) is 2.75. The number of fused-ring (bicyclic) bond motifs is 1. The number of benzene rings is 1. The first-order valence-corrected chi connectivity index (χ1v) is 8.54. The Morgan fingerprint density at radius 3 is 2.89 bits per heavy atom. The van der Waals surface area contributed by atoms with E-state index in [1.165, 1.54) is 27.5 Å². The highest BCUT2D eigenvalue weighted by atomic mass is 35.5. The van der Waals surface area contributed by atoms with Gasteiger partial charge in [0.05, 0.1) is 6.04 Å². The van der Waals surface area contributed by atoms with Gasteiger partial charge in [0.25, 0.3) is 0 Å². The second kappa shape index (κ2) is 5.85. The second-order valence-corrected chi connectivity index (χ2v) is 7.20. The molecule has 0 saturated carbocycles. The van der Waals surface area contributed by atoms with Gasteiger partial charge in [0, 0.05) is 20.5 Å². The second-order valence-electron chi connectivity index (χ2n) is 4.52. The molecule has 3 N–H and O–H groups in total. The molecule has 5 heteroatoms. The van der Waals surface area contributed by atoms with Crippen LogP contribution in [0.1, 0.15) is 26.9 Å². The van der Waals surface area contributed by atoms with Crippen LogP contribution in [0.2, 0.25) is 5.02 Å². The Hall–Kier alpha value is -0.520. The lowest BCUT2D eigenvalue weighted by Gasteiger charge is -2.16. The van der Waals surface area contributed by atoms with Crippen LogP contribution < -0.4 is 11.3 Å². The topological polar surface area (TPSA) is 38.0 Å². The highest BCUT2D eigenvalue weighted by Crippen LogP contribution is 2.37. The Kier molecular flexibility index (Phi) is 4.15. The average molecular weight is 311 g/mol. The minimum Gasteiger partial charge on any atom is -0.271 e. The summed E-state index contributed by atoms with van der Waals surface area (Å²) in [7, 11) is 0. The Bertz CT molecular complexity index is 559. The van der Waals surface area contributed by atoms with Gasteiger partial charge in [0.2, 0.25) is 0 Å². The molecule has 2 aromatic rings. The largest absolute Gasteiger partial charge is 0.271 e. The lowest BCUT2D eigenvalue weighted by Crippen LogP contribution is -2.28. The molecule has 0 bridgehead atoms. The van der Waals surface area contributed by atoms with Crippen LogP contribution in [0.25, 0.3) is 0 Å². The summed E-state index contributed by atoms with van der Waals surface area (Å²) in [5.74, 6) is 8.10. The highest BCUT2D eigenvalue weighted by Gasteiger charge is 2.21. The predicted molar refractivity (Wildman–Crippen MR) is 84.8 cm³/mol. The fraction of sp³-hybridized carbons (Fsp3) is 0.286. The van der Waals surface area contributed by atoms with Crippen LogP contribution in [0.4, 0.5) is 0 Å². The molecule has 1 aliphatic heterocycles. The van der Waals surface area contributed by atoms with Gasteiger partial charge >= 0.3 is 0 Å². The lowest BCUT2D eigenvalue weighted by atomic mass is 10.1. The molecule has 0 spiro atoms. The van der Waals surface area contributed by atoms with Gasteiger partial charge in [-0.2, -0.15) is 11.8 Å². The molecule has 3 rings (SSSR count).